The number of carbonyl (C=O) groups is 1. The molecule has 1 aromatic carbocycles. The Hall–Kier alpha value is -2.15. The van der Waals surface area contributed by atoms with Gasteiger partial charge in [-0.25, -0.2) is 0 Å². The zero-order valence-corrected chi connectivity index (χ0v) is 10.8. The van der Waals surface area contributed by atoms with Gasteiger partial charge in [-0.15, -0.1) is 0 Å². The Bertz CT molecular complexity index is 471. The van der Waals surface area contributed by atoms with Crippen LogP contribution in [-0.4, -0.2) is 35.7 Å². The molecule has 0 saturated carbocycles. The van der Waals surface area contributed by atoms with Gasteiger partial charge in [0.15, 0.2) is 0 Å². The Morgan fingerprint density at radius 2 is 2.26 bits per heavy atom. The first-order chi connectivity index (χ1) is 9.03. The number of nitro groups is 1. The molecule has 0 fully saturated rings. The third-order valence-corrected chi connectivity index (χ3v) is 2.69. The van der Waals surface area contributed by atoms with Gasteiger partial charge in [0.2, 0.25) is 0 Å². The van der Waals surface area contributed by atoms with E-state index >= 15 is 0 Å². The van der Waals surface area contributed by atoms with Gasteiger partial charge in [-0.2, -0.15) is 0 Å². The van der Waals surface area contributed by atoms with E-state index in [1.165, 1.54) is 25.3 Å². The average molecular weight is 268 g/mol. The van der Waals surface area contributed by atoms with E-state index in [0.717, 1.165) is 0 Å². The summed E-state index contributed by atoms with van der Waals surface area (Å²) in [5.74, 6) is -0.313. The summed E-state index contributed by atoms with van der Waals surface area (Å²) in [6.07, 6.45) is 0.581. The molecule has 7 nitrogen and oxygen atoms in total. The molecule has 0 spiro atoms. The topological polar surface area (TPSA) is 102 Å². The van der Waals surface area contributed by atoms with Gasteiger partial charge < -0.3 is 15.2 Å². The number of nitrogens with zero attached hydrogens (tertiary/aromatic N) is 1. The normalized spacial score (nSPS) is 11.7. The van der Waals surface area contributed by atoms with Crippen LogP contribution in [0.5, 0.6) is 5.75 Å². The second-order valence-corrected chi connectivity index (χ2v) is 3.90. The zero-order chi connectivity index (χ0) is 14.4. The zero-order valence-electron chi connectivity index (χ0n) is 10.8. The highest BCUT2D eigenvalue weighted by atomic mass is 16.6. The average Bonchev–Trinajstić information content (AvgIpc) is 2.43. The lowest BCUT2D eigenvalue weighted by atomic mass is 10.1. The van der Waals surface area contributed by atoms with Gasteiger partial charge in [-0.05, 0) is 12.5 Å². The fourth-order valence-corrected chi connectivity index (χ4v) is 1.52. The predicted octanol–water partition coefficient (Wildman–Crippen LogP) is 1.10. The van der Waals surface area contributed by atoms with Crippen molar-refractivity contribution in [2.75, 3.05) is 13.7 Å². The minimum Gasteiger partial charge on any atom is -0.496 e. The van der Waals surface area contributed by atoms with Gasteiger partial charge in [0, 0.05) is 6.07 Å². The van der Waals surface area contributed by atoms with E-state index in [0.29, 0.717) is 6.42 Å². The summed E-state index contributed by atoms with van der Waals surface area (Å²) < 4.78 is 4.98. The summed E-state index contributed by atoms with van der Waals surface area (Å²) in [4.78, 5) is 22.0. The minimum absolute atomic E-state index is 0.125. The van der Waals surface area contributed by atoms with Gasteiger partial charge in [0.05, 0.1) is 36.3 Å². The van der Waals surface area contributed by atoms with E-state index in [2.05, 4.69) is 5.32 Å². The molecule has 0 saturated heterocycles. The van der Waals surface area contributed by atoms with Crippen molar-refractivity contribution >= 4 is 11.6 Å². The maximum Gasteiger partial charge on any atom is 0.273 e. The molecule has 0 aliphatic rings. The van der Waals surface area contributed by atoms with Gasteiger partial charge in [0.1, 0.15) is 5.75 Å². The summed E-state index contributed by atoms with van der Waals surface area (Å²) >= 11 is 0. The first kappa shape index (κ1) is 14.9. The van der Waals surface area contributed by atoms with Crippen molar-refractivity contribution in [3.63, 3.8) is 0 Å². The molecule has 104 valence electrons. The second-order valence-electron chi connectivity index (χ2n) is 3.90. The van der Waals surface area contributed by atoms with Crippen LogP contribution >= 0.6 is 0 Å². The molecule has 0 unspecified atom stereocenters. The molecule has 1 aromatic rings. The fourth-order valence-electron chi connectivity index (χ4n) is 1.52. The molecular weight excluding hydrogens is 252 g/mol. The lowest BCUT2D eigenvalue weighted by Crippen LogP contribution is -2.37. The van der Waals surface area contributed by atoms with Gasteiger partial charge in [-0.1, -0.05) is 6.92 Å². The minimum atomic E-state index is -0.563. The van der Waals surface area contributed by atoms with Crippen LogP contribution in [0.15, 0.2) is 18.2 Å². The monoisotopic (exact) mass is 268 g/mol. The van der Waals surface area contributed by atoms with E-state index in [1.54, 1.807) is 0 Å². The second kappa shape index (κ2) is 6.69. The molecular formula is C12H16N2O5. The highest BCUT2D eigenvalue weighted by molar-refractivity contribution is 5.97. The Morgan fingerprint density at radius 1 is 1.58 bits per heavy atom. The molecule has 1 rings (SSSR count). The molecule has 1 amide bonds. The number of hydrogen-bond donors (Lipinski definition) is 2. The molecule has 0 radical (unpaired) electrons. The maximum absolute atomic E-state index is 12.0. The van der Waals surface area contributed by atoms with Crippen molar-refractivity contribution in [2.45, 2.75) is 19.4 Å². The van der Waals surface area contributed by atoms with Crippen molar-refractivity contribution < 1.29 is 19.6 Å². The van der Waals surface area contributed by atoms with E-state index in [4.69, 9.17) is 9.84 Å². The molecule has 1 atom stereocenters. The van der Waals surface area contributed by atoms with Crippen molar-refractivity contribution in [3.8, 4) is 5.75 Å². The van der Waals surface area contributed by atoms with Crippen molar-refractivity contribution in [1.82, 2.24) is 5.32 Å². The standard InChI is InChI=1S/C12H16N2O5/c1-3-8(7-15)13-12(16)10-5-4-9(14(17)18)6-11(10)19-2/h4-6,8,15H,3,7H2,1-2H3,(H,13,16)/t8-/m1/s1. The maximum atomic E-state index is 12.0. The van der Waals surface area contributed by atoms with Crippen molar-refractivity contribution in [3.05, 3.63) is 33.9 Å². The van der Waals surface area contributed by atoms with Crippen LogP contribution < -0.4 is 10.1 Å². The highest BCUT2D eigenvalue weighted by Gasteiger charge is 2.18. The number of non-ortho nitro benzene ring substituents is 1. The molecule has 0 aliphatic carbocycles. The van der Waals surface area contributed by atoms with Gasteiger partial charge >= 0.3 is 0 Å². The largest absolute Gasteiger partial charge is 0.496 e. The number of benzene rings is 1. The van der Waals surface area contributed by atoms with E-state index in [9.17, 15) is 14.9 Å². The predicted molar refractivity (Wildman–Crippen MR) is 68.3 cm³/mol. The van der Waals surface area contributed by atoms with Crippen LogP contribution in [0.4, 0.5) is 5.69 Å². The molecule has 0 aliphatic heterocycles. The lowest BCUT2D eigenvalue weighted by Gasteiger charge is -2.15. The Labute approximate surface area is 110 Å². The quantitative estimate of drug-likeness (QED) is 0.594. The molecule has 0 heterocycles. The number of nitrogens with one attached hydrogen (secondary N) is 1. The third-order valence-electron chi connectivity index (χ3n) is 2.69. The first-order valence-electron chi connectivity index (χ1n) is 5.77. The summed E-state index contributed by atoms with van der Waals surface area (Å²) in [6, 6.07) is 3.40. The van der Waals surface area contributed by atoms with Crippen LogP contribution in [0.3, 0.4) is 0 Å². The Balaban J connectivity index is 2.99. The number of amides is 1. The molecule has 2 N–H and O–H groups in total. The van der Waals surface area contributed by atoms with E-state index in [-0.39, 0.29) is 29.6 Å². The SMILES string of the molecule is CC[C@H](CO)NC(=O)c1ccc([N+](=O)[O-])cc1OC. The molecule has 0 bridgehead atoms. The van der Waals surface area contributed by atoms with Gasteiger partial charge in [0.25, 0.3) is 11.6 Å². The van der Waals surface area contributed by atoms with Crippen LogP contribution in [0.25, 0.3) is 0 Å². The van der Waals surface area contributed by atoms with Crippen LogP contribution in [0, 0.1) is 10.1 Å². The number of nitro benzene ring substituents is 1. The Morgan fingerprint density at radius 3 is 2.74 bits per heavy atom. The summed E-state index contributed by atoms with van der Waals surface area (Å²) in [7, 11) is 1.33. The summed E-state index contributed by atoms with van der Waals surface area (Å²) in [5.41, 5.74) is 0.0441. The molecule has 7 heteroatoms. The number of hydrogen-bond acceptors (Lipinski definition) is 5. The number of aliphatic hydroxyl groups excluding tert-OH is 1. The van der Waals surface area contributed by atoms with E-state index in [1.807, 2.05) is 6.92 Å². The summed E-state index contributed by atoms with van der Waals surface area (Å²) in [6.45, 7) is 1.66. The third kappa shape index (κ3) is 3.65. The number of aliphatic hydroxyl groups is 1. The van der Waals surface area contributed by atoms with Crippen molar-refractivity contribution in [2.24, 2.45) is 0 Å². The fraction of sp³-hybridized carbons (Fsp3) is 0.417. The highest BCUT2D eigenvalue weighted by Crippen LogP contribution is 2.24. The molecule has 0 aromatic heterocycles. The molecule has 19 heavy (non-hydrogen) atoms. The van der Waals surface area contributed by atoms with Gasteiger partial charge in [-0.3, -0.25) is 14.9 Å². The number of rotatable bonds is 6. The summed E-state index contributed by atoms with van der Waals surface area (Å²) in [5, 5.41) is 22.3. The number of methoxy groups -OCH3 is 1. The number of ether oxygens (including phenoxy) is 1. The van der Waals surface area contributed by atoms with E-state index < -0.39 is 10.8 Å². The Kier molecular flexibility index (Phi) is 5.25. The van der Waals surface area contributed by atoms with Crippen LogP contribution in [0.2, 0.25) is 0 Å². The lowest BCUT2D eigenvalue weighted by molar-refractivity contribution is -0.384. The number of carbonyl (C=O) groups excluding carboxylic acids is 1. The van der Waals surface area contributed by atoms with Crippen LogP contribution in [0.1, 0.15) is 23.7 Å². The van der Waals surface area contributed by atoms with Crippen molar-refractivity contribution in [1.29, 1.82) is 0 Å². The van der Waals surface area contributed by atoms with Crippen LogP contribution in [-0.2, 0) is 0 Å². The first-order valence-corrected chi connectivity index (χ1v) is 5.77. The smallest absolute Gasteiger partial charge is 0.273 e.